The largest absolute Gasteiger partial charge is 0.501 e. The maximum absolute atomic E-state index is 12.2. The number of hydrogen-bond donors (Lipinski definition) is 0. The predicted molar refractivity (Wildman–Crippen MR) is 74.5 cm³/mol. The van der Waals surface area contributed by atoms with Gasteiger partial charge < -0.3 is 4.74 Å². The van der Waals surface area contributed by atoms with Gasteiger partial charge in [-0.3, -0.25) is 4.21 Å². The first-order valence-electron chi connectivity index (χ1n) is 6.74. The van der Waals surface area contributed by atoms with Gasteiger partial charge in [0.2, 0.25) is 0 Å². The molecule has 1 rings (SSSR count). The molecule has 17 heavy (non-hydrogen) atoms. The van der Waals surface area contributed by atoms with E-state index in [-0.39, 0.29) is 4.75 Å². The average Bonchev–Trinajstić information content (AvgIpc) is 2.31. The van der Waals surface area contributed by atoms with Crippen LogP contribution in [0.3, 0.4) is 0 Å². The summed E-state index contributed by atoms with van der Waals surface area (Å²) >= 11 is 0. The van der Waals surface area contributed by atoms with Gasteiger partial charge in [0.05, 0.1) is 12.9 Å². The Morgan fingerprint density at radius 2 is 2.18 bits per heavy atom. The van der Waals surface area contributed by atoms with Gasteiger partial charge in [0, 0.05) is 21.3 Å². The second kappa shape index (κ2) is 7.20. The Kier molecular flexibility index (Phi) is 6.24. The zero-order valence-electron chi connectivity index (χ0n) is 11.5. The van der Waals surface area contributed by atoms with Crippen LogP contribution in [0, 0.1) is 0 Å². The lowest BCUT2D eigenvalue weighted by Gasteiger charge is -2.35. The van der Waals surface area contributed by atoms with Gasteiger partial charge in [-0.2, -0.15) is 0 Å². The number of hydrogen-bond acceptors (Lipinski definition) is 2. The lowest BCUT2D eigenvalue weighted by atomic mass is 9.93. The second-order valence-electron chi connectivity index (χ2n) is 5.21. The van der Waals surface area contributed by atoms with E-state index in [0.29, 0.717) is 0 Å². The van der Waals surface area contributed by atoms with Gasteiger partial charge in [-0.1, -0.05) is 13.3 Å². The molecule has 0 amide bonds. The summed E-state index contributed by atoms with van der Waals surface area (Å²) in [5.41, 5.74) is 1.19. The van der Waals surface area contributed by atoms with Crippen LogP contribution in [0.15, 0.2) is 11.8 Å². The number of rotatable bonds is 6. The third-order valence-electron chi connectivity index (χ3n) is 3.55. The van der Waals surface area contributed by atoms with E-state index >= 15 is 0 Å². The van der Waals surface area contributed by atoms with Crippen molar-refractivity contribution in [3.05, 3.63) is 11.8 Å². The average molecular weight is 258 g/mol. The summed E-state index contributed by atoms with van der Waals surface area (Å²) in [6, 6.07) is 0. The van der Waals surface area contributed by atoms with Crippen LogP contribution in [0.1, 0.15) is 59.3 Å². The molecule has 2 unspecified atom stereocenters. The number of allylic oxidation sites excluding steroid dienone is 1. The second-order valence-corrected chi connectivity index (χ2v) is 7.18. The molecular formula is C14H26O2S. The Morgan fingerprint density at radius 1 is 1.41 bits per heavy atom. The van der Waals surface area contributed by atoms with Crippen LogP contribution < -0.4 is 0 Å². The summed E-state index contributed by atoms with van der Waals surface area (Å²) in [7, 11) is -0.622. The maximum atomic E-state index is 12.2. The standard InChI is InChI=1S/C14H26O2S/c1-4-14(8-5-6-11-17(14)15)9-7-10-16-12-13(2)3/h12H,4-11H2,1-3H3. The molecule has 100 valence electrons. The van der Waals surface area contributed by atoms with Crippen LogP contribution in [-0.4, -0.2) is 21.3 Å². The molecule has 0 aliphatic carbocycles. The van der Waals surface area contributed by atoms with Crippen LogP contribution in [-0.2, 0) is 15.5 Å². The molecule has 0 radical (unpaired) electrons. The van der Waals surface area contributed by atoms with E-state index in [1.807, 2.05) is 20.1 Å². The summed E-state index contributed by atoms with van der Waals surface area (Å²) in [6.45, 7) is 7.00. The summed E-state index contributed by atoms with van der Waals surface area (Å²) in [6.07, 6.45) is 8.45. The summed E-state index contributed by atoms with van der Waals surface area (Å²) in [5, 5.41) is 0. The fourth-order valence-electron chi connectivity index (χ4n) is 2.47. The predicted octanol–water partition coefficient (Wildman–Crippen LogP) is 3.79. The molecule has 1 fully saturated rings. The van der Waals surface area contributed by atoms with E-state index in [9.17, 15) is 4.21 Å². The topological polar surface area (TPSA) is 26.3 Å². The lowest BCUT2D eigenvalue weighted by Crippen LogP contribution is -2.38. The van der Waals surface area contributed by atoms with Crippen molar-refractivity contribution in [1.82, 2.24) is 0 Å². The highest BCUT2D eigenvalue weighted by atomic mass is 32.2. The molecular weight excluding hydrogens is 232 g/mol. The SMILES string of the molecule is CCC1(CCCOC=C(C)C)CCCCS1=O. The van der Waals surface area contributed by atoms with E-state index < -0.39 is 10.8 Å². The van der Waals surface area contributed by atoms with Crippen molar-refractivity contribution >= 4 is 10.8 Å². The summed E-state index contributed by atoms with van der Waals surface area (Å²) in [4.78, 5) is 0. The molecule has 0 saturated carbocycles. The molecule has 0 aromatic carbocycles. The number of ether oxygens (including phenoxy) is 1. The van der Waals surface area contributed by atoms with Gasteiger partial charge in [-0.15, -0.1) is 0 Å². The van der Waals surface area contributed by atoms with E-state index in [4.69, 9.17) is 4.74 Å². The first-order chi connectivity index (χ1) is 8.10. The Morgan fingerprint density at radius 3 is 2.76 bits per heavy atom. The maximum Gasteiger partial charge on any atom is 0.0873 e. The molecule has 1 aliphatic rings. The highest BCUT2D eigenvalue weighted by Gasteiger charge is 2.36. The Labute approximate surface area is 108 Å². The Bertz CT molecular complexity index is 282. The molecule has 0 N–H and O–H groups in total. The molecule has 1 aliphatic heterocycles. The summed E-state index contributed by atoms with van der Waals surface area (Å²) < 4.78 is 17.7. The molecule has 0 bridgehead atoms. The minimum atomic E-state index is -0.622. The van der Waals surface area contributed by atoms with Crippen molar-refractivity contribution in [3.63, 3.8) is 0 Å². The Hall–Kier alpha value is -0.310. The van der Waals surface area contributed by atoms with Gasteiger partial charge in [0.25, 0.3) is 0 Å². The van der Waals surface area contributed by atoms with Gasteiger partial charge in [0.1, 0.15) is 0 Å². The monoisotopic (exact) mass is 258 g/mol. The van der Waals surface area contributed by atoms with E-state index in [0.717, 1.165) is 44.5 Å². The lowest BCUT2D eigenvalue weighted by molar-refractivity contribution is 0.230. The van der Waals surface area contributed by atoms with Crippen LogP contribution in [0.4, 0.5) is 0 Å². The molecule has 2 atom stereocenters. The fourth-order valence-corrected chi connectivity index (χ4v) is 4.43. The minimum Gasteiger partial charge on any atom is -0.501 e. The quantitative estimate of drug-likeness (QED) is 0.535. The van der Waals surface area contributed by atoms with Gasteiger partial charge in [-0.05, 0) is 51.5 Å². The highest BCUT2D eigenvalue weighted by Crippen LogP contribution is 2.35. The molecule has 0 aromatic rings. The smallest absolute Gasteiger partial charge is 0.0873 e. The van der Waals surface area contributed by atoms with Crippen molar-refractivity contribution < 1.29 is 8.95 Å². The molecule has 0 spiro atoms. The first-order valence-corrected chi connectivity index (χ1v) is 8.06. The third-order valence-corrected chi connectivity index (χ3v) is 5.88. The van der Waals surface area contributed by atoms with Crippen LogP contribution in [0.2, 0.25) is 0 Å². The molecule has 0 aromatic heterocycles. The molecule has 1 saturated heterocycles. The van der Waals surface area contributed by atoms with Crippen molar-refractivity contribution in [2.24, 2.45) is 0 Å². The van der Waals surface area contributed by atoms with Crippen LogP contribution >= 0.6 is 0 Å². The van der Waals surface area contributed by atoms with Gasteiger partial charge in [0.15, 0.2) is 0 Å². The highest BCUT2D eigenvalue weighted by molar-refractivity contribution is 7.86. The van der Waals surface area contributed by atoms with Crippen molar-refractivity contribution in [2.45, 2.75) is 64.0 Å². The van der Waals surface area contributed by atoms with Crippen molar-refractivity contribution in [2.75, 3.05) is 12.4 Å². The van der Waals surface area contributed by atoms with Crippen LogP contribution in [0.25, 0.3) is 0 Å². The van der Waals surface area contributed by atoms with Gasteiger partial charge >= 0.3 is 0 Å². The van der Waals surface area contributed by atoms with E-state index in [1.165, 1.54) is 12.0 Å². The normalized spacial score (nSPS) is 28.8. The Balaban J connectivity index is 2.36. The van der Waals surface area contributed by atoms with Gasteiger partial charge in [-0.25, -0.2) is 0 Å². The molecule has 3 heteroatoms. The minimum absolute atomic E-state index is 0.0899. The van der Waals surface area contributed by atoms with Crippen molar-refractivity contribution in [3.8, 4) is 0 Å². The molecule has 1 heterocycles. The molecule has 2 nitrogen and oxygen atoms in total. The van der Waals surface area contributed by atoms with E-state index in [2.05, 4.69) is 6.92 Å². The third kappa shape index (κ3) is 4.46. The zero-order valence-corrected chi connectivity index (χ0v) is 12.3. The fraction of sp³-hybridized carbons (Fsp3) is 0.857. The summed E-state index contributed by atoms with van der Waals surface area (Å²) in [5.74, 6) is 0.905. The first kappa shape index (κ1) is 14.7. The van der Waals surface area contributed by atoms with Crippen molar-refractivity contribution in [1.29, 1.82) is 0 Å². The van der Waals surface area contributed by atoms with E-state index in [1.54, 1.807) is 0 Å². The van der Waals surface area contributed by atoms with Crippen LogP contribution in [0.5, 0.6) is 0 Å². The zero-order chi connectivity index (χ0) is 12.7.